The standard InChI is InChI=1S/C38H48BN5O7/c1-23(2)44-20-25(40-41-44)22-49-32-16-15-30(39-50-37(3,4)38(5,6)51-39)29-17-18-43(35(46)27-13-9-10-14-28(27)36(47)48)31(33(29)32)21-42-19-24-11-7-8-12-26(24)34(42)45/h7-8,11-12,15-16,20,23,27-28,31H,9-10,13-14,17-19,21-22H2,1-6H3,(H,47,48)/t27-,28+,31-/m1/s1. The predicted octanol–water partition coefficient (Wildman–Crippen LogP) is 4.71. The minimum Gasteiger partial charge on any atom is -0.487 e. The van der Waals surface area contributed by atoms with Crippen LogP contribution in [0.15, 0.2) is 42.6 Å². The number of amides is 2. The summed E-state index contributed by atoms with van der Waals surface area (Å²) in [5.74, 6) is -2.05. The number of carbonyl (C=O) groups is 3. The molecule has 0 radical (unpaired) electrons. The molecule has 0 spiro atoms. The van der Waals surface area contributed by atoms with Crippen molar-refractivity contribution in [3.05, 3.63) is 70.5 Å². The summed E-state index contributed by atoms with van der Waals surface area (Å²) in [5, 5.41) is 18.7. The summed E-state index contributed by atoms with van der Waals surface area (Å²) in [6.45, 7) is 13.3. The van der Waals surface area contributed by atoms with Crippen molar-refractivity contribution in [2.24, 2.45) is 11.8 Å². The van der Waals surface area contributed by atoms with E-state index in [1.165, 1.54) is 0 Å². The Morgan fingerprint density at radius 1 is 1.04 bits per heavy atom. The fourth-order valence-electron chi connectivity index (χ4n) is 8.01. The predicted molar refractivity (Wildman–Crippen MR) is 189 cm³/mol. The van der Waals surface area contributed by atoms with Gasteiger partial charge in [-0.2, -0.15) is 0 Å². The highest BCUT2D eigenvalue weighted by Gasteiger charge is 2.53. The molecule has 51 heavy (non-hydrogen) atoms. The smallest absolute Gasteiger partial charge is 0.487 e. The normalized spacial score (nSPS) is 23.8. The van der Waals surface area contributed by atoms with E-state index in [1.807, 2.05) is 89.0 Å². The Hall–Kier alpha value is -4.23. The highest BCUT2D eigenvalue weighted by Crippen LogP contribution is 2.43. The minimum atomic E-state index is -0.936. The van der Waals surface area contributed by atoms with Crippen LogP contribution in [0.25, 0.3) is 0 Å². The van der Waals surface area contributed by atoms with E-state index >= 15 is 0 Å². The summed E-state index contributed by atoms with van der Waals surface area (Å²) in [5.41, 5.74) is 3.70. The molecule has 1 aromatic heterocycles. The van der Waals surface area contributed by atoms with Crippen molar-refractivity contribution in [2.75, 3.05) is 13.1 Å². The summed E-state index contributed by atoms with van der Waals surface area (Å²) in [7, 11) is -0.654. The lowest BCUT2D eigenvalue weighted by atomic mass is 9.71. The molecule has 13 heteroatoms. The quantitative estimate of drug-likeness (QED) is 0.316. The molecule has 4 aliphatic rings. The first-order valence-electron chi connectivity index (χ1n) is 18.2. The number of carbonyl (C=O) groups excluding carboxylic acids is 2. The number of nitrogens with zero attached hydrogens (tertiary/aromatic N) is 5. The molecular formula is C38H48BN5O7. The maximum absolute atomic E-state index is 14.7. The number of benzene rings is 2. The van der Waals surface area contributed by atoms with Gasteiger partial charge in [0.15, 0.2) is 0 Å². The van der Waals surface area contributed by atoms with Gasteiger partial charge in [-0.05, 0) is 89.5 Å². The molecule has 0 unspecified atom stereocenters. The van der Waals surface area contributed by atoms with Crippen molar-refractivity contribution >= 4 is 30.4 Å². The van der Waals surface area contributed by atoms with Crippen LogP contribution in [0.2, 0.25) is 0 Å². The van der Waals surface area contributed by atoms with E-state index in [9.17, 15) is 19.5 Å². The molecular weight excluding hydrogens is 649 g/mol. The summed E-state index contributed by atoms with van der Waals surface area (Å²) < 4.78 is 21.5. The van der Waals surface area contributed by atoms with Crippen molar-refractivity contribution in [3.63, 3.8) is 0 Å². The molecule has 1 N–H and O–H groups in total. The average molecular weight is 698 g/mol. The van der Waals surface area contributed by atoms with Crippen LogP contribution >= 0.6 is 0 Å². The number of carboxylic acids is 1. The van der Waals surface area contributed by atoms with Crippen molar-refractivity contribution in [1.29, 1.82) is 0 Å². The topological polar surface area (TPSA) is 136 Å². The lowest BCUT2D eigenvalue weighted by molar-refractivity contribution is -0.153. The van der Waals surface area contributed by atoms with Crippen LogP contribution in [-0.2, 0) is 38.5 Å². The van der Waals surface area contributed by atoms with E-state index in [2.05, 4.69) is 10.3 Å². The van der Waals surface area contributed by atoms with Gasteiger partial charge in [-0.3, -0.25) is 14.4 Å². The number of aromatic nitrogens is 3. The van der Waals surface area contributed by atoms with E-state index in [0.717, 1.165) is 35.0 Å². The number of ether oxygens (including phenoxy) is 1. The van der Waals surface area contributed by atoms with Gasteiger partial charge in [0, 0.05) is 36.8 Å². The third-order valence-corrected chi connectivity index (χ3v) is 11.6. The van der Waals surface area contributed by atoms with E-state index in [1.54, 1.807) is 9.58 Å². The van der Waals surface area contributed by atoms with Crippen LogP contribution in [0.3, 0.4) is 0 Å². The van der Waals surface area contributed by atoms with Gasteiger partial charge in [0.05, 0.1) is 35.3 Å². The lowest BCUT2D eigenvalue weighted by Crippen LogP contribution is -2.51. The first kappa shape index (κ1) is 35.2. The molecule has 3 aliphatic heterocycles. The van der Waals surface area contributed by atoms with E-state index in [-0.39, 0.29) is 31.0 Å². The Morgan fingerprint density at radius 2 is 1.75 bits per heavy atom. The molecule has 12 nitrogen and oxygen atoms in total. The number of fused-ring (bicyclic) bond motifs is 2. The Kier molecular flexibility index (Phi) is 9.24. The van der Waals surface area contributed by atoms with Gasteiger partial charge in [-0.15, -0.1) is 5.10 Å². The Balaban J connectivity index is 1.32. The van der Waals surface area contributed by atoms with E-state index in [4.69, 9.17) is 14.0 Å². The molecule has 1 aliphatic carbocycles. The molecule has 1 saturated carbocycles. The molecule has 7 rings (SSSR count). The van der Waals surface area contributed by atoms with Crippen molar-refractivity contribution in [1.82, 2.24) is 24.8 Å². The first-order chi connectivity index (χ1) is 24.3. The van der Waals surface area contributed by atoms with E-state index in [0.29, 0.717) is 49.4 Å². The number of hydrogen-bond acceptors (Lipinski definition) is 8. The molecule has 4 heterocycles. The van der Waals surface area contributed by atoms with E-state index < -0.39 is 42.2 Å². The molecule has 0 bridgehead atoms. The SMILES string of the molecule is CC(C)n1cc(COc2ccc(B3OC(C)(C)C(C)(C)O3)c3c2[C@@H](CN2Cc4ccccc4C2=O)N(C(=O)[C@@H]2CCCC[C@@H]2C(=O)O)CC3)nn1. The van der Waals surface area contributed by atoms with Gasteiger partial charge in [0.2, 0.25) is 5.91 Å². The zero-order chi connectivity index (χ0) is 36.2. The number of carboxylic acid groups (broad SMARTS) is 1. The highest BCUT2D eigenvalue weighted by molar-refractivity contribution is 6.62. The van der Waals surface area contributed by atoms with Crippen molar-refractivity contribution in [3.8, 4) is 5.75 Å². The Bertz CT molecular complexity index is 1820. The van der Waals surface area contributed by atoms with Crippen molar-refractivity contribution in [2.45, 2.75) is 110 Å². The Labute approximate surface area is 299 Å². The van der Waals surface area contributed by atoms with Gasteiger partial charge < -0.3 is 29.0 Å². The molecule has 3 atom stereocenters. The number of aliphatic carboxylic acids is 1. The maximum Gasteiger partial charge on any atom is 0.495 e. The maximum atomic E-state index is 14.7. The largest absolute Gasteiger partial charge is 0.495 e. The summed E-state index contributed by atoms with van der Waals surface area (Å²) in [4.78, 5) is 44.5. The average Bonchev–Trinajstić information content (AvgIpc) is 3.76. The molecule has 2 fully saturated rings. The third kappa shape index (κ3) is 6.43. The fraction of sp³-hybridized carbons (Fsp3) is 0.553. The van der Waals surface area contributed by atoms with Gasteiger partial charge in [0.1, 0.15) is 18.1 Å². The summed E-state index contributed by atoms with van der Waals surface area (Å²) in [6, 6.07) is 11.0. The molecule has 2 aromatic carbocycles. The fourth-order valence-corrected chi connectivity index (χ4v) is 8.01. The van der Waals surface area contributed by atoms with Gasteiger partial charge in [-0.1, -0.05) is 42.3 Å². The zero-order valence-electron chi connectivity index (χ0n) is 30.4. The second-order valence-electron chi connectivity index (χ2n) is 15.7. The monoisotopic (exact) mass is 697 g/mol. The van der Waals surface area contributed by atoms with Gasteiger partial charge in [0.25, 0.3) is 5.91 Å². The second-order valence-corrected chi connectivity index (χ2v) is 15.7. The zero-order valence-corrected chi connectivity index (χ0v) is 30.4. The van der Waals surface area contributed by atoms with Gasteiger partial charge in [-0.25, -0.2) is 4.68 Å². The molecule has 270 valence electrons. The Morgan fingerprint density at radius 3 is 2.41 bits per heavy atom. The third-order valence-electron chi connectivity index (χ3n) is 11.6. The number of hydrogen-bond donors (Lipinski definition) is 1. The highest BCUT2D eigenvalue weighted by atomic mass is 16.7. The summed E-state index contributed by atoms with van der Waals surface area (Å²) in [6.07, 6.45) is 4.91. The lowest BCUT2D eigenvalue weighted by Gasteiger charge is -2.43. The van der Waals surface area contributed by atoms with Crippen LogP contribution in [0.1, 0.15) is 112 Å². The van der Waals surface area contributed by atoms with Crippen LogP contribution in [0.4, 0.5) is 0 Å². The van der Waals surface area contributed by atoms with Crippen LogP contribution in [0.5, 0.6) is 5.75 Å². The van der Waals surface area contributed by atoms with Crippen LogP contribution < -0.4 is 10.2 Å². The first-order valence-corrected chi connectivity index (χ1v) is 18.2. The van der Waals surface area contributed by atoms with Crippen LogP contribution in [0, 0.1) is 11.8 Å². The van der Waals surface area contributed by atoms with Gasteiger partial charge >= 0.3 is 13.1 Å². The second kappa shape index (κ2) is 13.4. The van der Waals surface area contributed by atoms with Crippen LogP contribution in [-0.4, -0.2) is 79.1 Å². The summed E-state index contributed by atoms with van der Waals surface area (Å²) >= 11 is 0. The minimum absolute atomic E-state index is 0.0962. The molecule has 2 amide bonds. The molecule has 1 saturated heterocycles. The number of rotatable bonds is 9. The molecule has 3 aromatic rings. The van der Waals surface area contributed by atoms with Crippen molar-refractivity contribution < 1.29 is 33.5 Å².